The number of rotatable bonds is 12. The van der Waals surface area contributed by atoms with Crippen molar-refractivity contribution in [2.24, 2.45) is 0 Å². The lowest BCUT2D eigenvalue weighted by molar-refractivity contribution is 0.396. The summed E-state index contributed by atoms with van der Waals surface area (Å²) in [6.45, 7) is 3.47. The second-order valence-electron chi connectivity index (χ2n) is 13.3. The van der Waals surface area contributed by atoms with Crippen molar-refractivity contribution < 1.29 is 45.2 Å². The van der Waals surface area contributed by atoms with Crippen molar-refractivity contribution in [2.45, 2.75) is 23.6 Å². The van der Waals surface area contributed by atoms with Crippen LogP contribution in [0.3, 0.4) is 0 Å². The molecule has 0 saturated heterocycles. The Morgan fingerprint density at radius 1 is 0.621 bits per heavy atom. The van der Waals surface area contributed by atoms with Gasteiger partial charge in [0, 0.05) is 43.2 Å². The lowest BCUT2D eigenvalue weighted by atomic mass is 9.80. The van der Waals surface area contributed by atoms with Crippen LogP contribution in [0, 0.1) is 13.8 Å². The van der Waals surface area contributed by atoms with Crippen LogP contribution in [-0.4, -0.2) is 113 Å². The Morgan fingerprint density at radius 2 is 1.06 bits per heavy atom. The van der Waals surface area contributed by atoms with Crippen LogP contribution in [0.5, 0.6) is 11.8 Å². The SMILES string of the molecule is COc1nc(C)cnc1N(C)S(=O)(=O)c1cccnc1-c1ccc(-c2nnco2)cc1.COc1nc(C)cnc1N(C)S(=O)(=O)c1cccnc1Cl.OB(O)c1ccc(-c2nnco2)cc1. The smallest absolute Gasteiger partial charge is 0.478 e. The van der Waals surface area contributed by atoms with Crippen LogP contribution < -0.4 is 23.5 Å². The molecule has 0 atom stereocenters. The highest BCUT2D eigenvalue weighted by molar-refractivity contribution is 7.93. The first-order valence-corrected chi connectivity index (χ1v) is 22.2. The average Bonchev–Trinajstić information content (AvgIpc) is 4.08. The summed E-state index contributed by atoms with van der Waals surface area (Å²) < 4.78 is 74.6. The summed E-state index contributed by atoms with van der Waals surface area (Å²) in [4.78, 5) is 24.6. The zero-order chi connectivity index (χ0) is 47.6. The highest BCUT2D eigenvalue weighted by Gasteiger charge is 2.30. The first kappa shape index (κ1) is 48.0. The van der Waals surface area contributed by atoms with Crippen LogP contribution in [0.25, 0.3) is 34.2 Å². The molecule has 0 fully saturated rings. The predicted octanol–water partition coefficient (Wildman–Crippen LogP) is 3.81. The maximum absolute atomic E-state index is 13.5. The van der Waals surface area contributed by atoms with E-state index in [9.17, 15) is 16.8 Å². The van der Waals surface area contributed by atoms with Crippen molar-refractivity contribution >= 4 is 55.9 Å². The molecule has 340 valence electrons. The van der Waals surface area contributed by atoms with Gasteiger partial charge in [0.15, 0.2) is 0 Å². The summed E-state index contributed by atoms with van der Waals surface area (Å²) in [6.07, 6.45) is 8.36. The van der Waals surface area contributed by atoms with Gasteiger partial charge in [-0.25, -0.2) is 50.4 Å². The van der Waals surface area contributed by atoms with Crippen molar-refractivity contribution in [2.75, 3.05) is 36.9 Å². The zero-order valence-electron chi connectivity index (χ0n) is 35.7. The van der Waals surface area contributed by atoms with E-state index in [1.165, 1.54) is 84.1 Å². The fraction of sp³-hybridized carbons (Fsp3) is 0.150. The van der Waals surface area contributed by atoms with Gasteiger partial charge in [0.2, 0.25) is 36.2 Å². The number of aromatic nitrogens is 10. The fourth-order valence-electron chi connectivity index (χ4n) is 5.67. The number of halogens is 1. The highest BCUT2D eigenvalue weighted by Crippen LogP contribution is 2.33. The van der Waals surface area contributed by atoms with Gasteiger partial charge >= 0.3 is 7.12 Å². The summed E-state index contributed by atoms with van der Waals surface area (Å²) in [6, 6.07) is 19.5. The van der Waals surface area contributed by atoms with E-state index in [2.05, 4.69) is 50.3 Å². The standard InChI is InChI=1S/C20H18N6O4S.C12H13ClN4O3S.C8H7BN2O3/c1-13-11-22-18(20(24-13)29-3)26(2)31(27,28)16-5-4-10-21-17(16)14-6-8-15(9-7-14)19-25-23-12-30-19;1-8-7-15-11(12(16-8)20-3)17(2)21(18,19)9-5-4-6-14-10(9)13;12-9(13)7-3-1-6(2-4-7)8-11-10-5-14-8/h4-12H,1-3H3;4-7H,1-3H3;1-5,12-13H. The minimum absolute atomic E-state index is 0.0208. The highest BCUT2D eigenvalue weighted by atomic mass is 35.5. The van der Waals surface area contributed by atoms with Crippen molar-refractivity contribution in [1.82, 2.24) is 50.3 Å². The average molecular weight is 957 g/mol. The Labute approximate surface area is 383 Å². The minimum atomic E-state index is -4.02. The predicted molar refractivity (Wildman–Crippen MR) is 240 cm³/mol. The second-order valence-corrected chi connectivity index (χ2v) is 17.6. The van der Waals surface area contributed by atoms with Crippen LogP contribution in [-0.2, 0) is 20.0 Å². The summed E-state index contributed by atoms with van der Waals surface area (Å²) in [5.74, 6) is 1.15. The number of hydrogen-bond acceptors (Lipinski definition) is 20. The molecule has 2 N–H and O–H groups in total. The number of sulfonamides is 2. The third-order valence-electron chi connectivity index (χ3n) is 9.02. The number of hydrogen-bond donors (Lipinski definition) is 2. The monoisotopic (exact) mass is 956 g/mol. The molecule has 8 aromatic rings. The van der Waals surface area contributed by atoms with Gasteiger partial charge in [-0.2, -0.15) is 0 Å². The number of aryl methyl sites for hydroxylation is 2. The molecule has 0 radical (unpaired) electrons. The maximum atomic E-state index is 13.5. The summed E-state index contributed by atoms with van der Waals surface area (Å²) >= 11 is 5.85. The molecule has 6 aromatic heterocycles. The van der Waals surface area contributed by atoms with E-state index >= 15 is 0 Å². The third-order valence-corrected chi connectivity index (χ3v) is 13.0. The Hall–Kier alpha value is -7.45. The Balaban J connectivity index is 0.000000177. The number of pyridine rings is 2. The van der Waals surface area contributed by atoms with E-state index in [4.69, 9.17) is 40.0 Å². The number of nitrogens with zero attached hydrogens (tertiary/aromatic N) is 12. The van der Waals surface area contributed by atoms with E-state index in [0.29, 0.717) is 45.5 Å². The lowest BCUT2D eigenvalue weighted by Crippen LogP contribution is -2.29. The van der Waals surface area contributed by atoms with E-state index in [1.807, 2.05) is 0 Å². The lowest BCUT2D eigenvalue weighted by Gasteiger charge is -2.21. The van der Waals surface area contributed by atoms with Gasteiger partial charge in [-0.15, -0.1) is 20.4 Å². The molecule has 26 heteroatoms. The molecule has 22 nitrogen and oxygen atoms in total. The first-order chi connectivity index (χ1) is 31.6. The van der Waals surface area contributed by atoms with Gasteiger partial charge in [0.25, 0.3) is 31.8 Å². The Kier molecular flexibility index (Phi) is 15.3. The number of anilines is 2. The summed E-state index contributed by atoms with van der Waals surface area (Å²) in [7, 11) is -3.84. The molecule has 0 bridgehead atoms. The molecule has 0 aliphatic heterocycles. The van der Waals surface area contributed by atoms with Gasteiger partial charge in [-0.05, 0) is 67.8 Å². The molecular formula is C40H38BClN12O10S2. The van der Waals surface area contributed by atoms with Gasteiger partial charge in [-0.3, -0.25) is 4.98 Å². The quantitative estimate of drug-likeness (QED) is 0.130. The molecule has 0 spiro atoms. The Bertz CT molecular complexity index is 3100. The number of methoxy groups -OCH3 is 2. The molecule has 8 rings (SSSR count). The van der Waals surface area contributed by atoms with E-state index in [-0.39, 0.29) is 38.3 Å². The number of ether oxygens (including phenoxy) is 2. The van der Waals surface area contributed by atoms with Crippen molar-refractivity contribution in [3.8, 4) is 45.9 Å². The topological polar surface area (TPSA) is 289 Å². The van der Waals surface area contributed by atoms with Crippen molar-refractivity contribution in [1.29, 1.82) is 0 Å². The molecule has 0 unspecified atom stereocenters. The maximum Gasteiger partial charge on any atom is 0.488 e. The van der Waals surface area contributed by atoms with Gasteiger partial charge < -0.3 is 28.4 Å². The fourth-order valence-corrected chi connectivity index (χ4v) is 8.56. The molecular weight excluding hydrogens is 919 g/mol. The first-order valence-electron chi connectivity index (χ1n) is 18.9. The normalized spacial score (nSPS) is 11.0. The van der Waals surface area contributed by atoms with Crippen molar-refractivity contribution in [3.05, 3.63) is 127 Å². The summed E-state index contributed by atoms with van der Waals surface area (Å²) in [5, 5.41) is 32.4. The van der Waals surface area contributed by atoms with Crippen LogP contribution in [0.1, 0.15) is 11.4 Å². The largest absolute Gasteiger partial charge is 0.488 e. The van der Waals surface area contributed by atoms with E-state index in [0.717, 1.165) is 14.2 Å². The van der Waals surface area contributed by atoms with Crippen LogP contribution in [0.15, 0.2) is 129 Å². The molecule has 0 amide bonds. The third kappa shape index (κ3) is 10.9. The Morgan fingerprint density at radius 3 is 1.50 bits per heavy atom. The van der Waals surface area contributed by atoms with Gasteiger partial charge in [0.05, 0.1) is 43.7 Å². The molecule has 6 heterocycles. The molecule has 66 heavy (non-hydrogen) atoms. The van der Waals surface area contributed by atoms with E-state index in [1.54, 1.807) is 68.4 Å². The van der Waals surface area contributed by atoms with Crippen LogP contribution in [0.2, 0.25) is 5.15 Å². The minimum Gasteiger partial charge on any atom is -0.478 e. The number of benzene rings is 2. The van der Waals surface area contributed by atoms with Crippen LogP contribution >= 0.6 is 11.6 Å². The molecule has 0 aliphatic rings. The molecule has 0 saturated carbocycles. The second kappa shape index (κ2) is 21.0. The van der Waals surface area contributed by atoms with Crippen molar-refractivity contribution in [3.63, 3.8) is 0 Å². The summed E-state index contributed by atoms with van der Waals surface area (Å²) in [5.41, 5.74) is 4.00. The zero-order valence-corrected chi connectivity index (χ0v) is 38.1. The molecule has 2 aromatic carbocycles. The van der Waals surface area contributed by atoms with Gasteiger partial charge in [0.1, 0.15) is 14.9 Å². The van der Waals surface area contributed by atoms with Gasteiger partial charge in [-0.1, -0.05) is 35.9 Å². The molecule has 0 aliphatic carbocycles. The van der Waals surface area contributed by atoms with Crippen LogP contribution in [0.4, 0.5) is 11.6 Å². The van der Waals surface area contributed by atoms with E-state index < -0.39 is 27.2 Å².